The quantitative estimate of drug-likeness (QED) is 0.665. The molecule has 0 bridgehead atoms. The van der Waals surface area contributed by atoms with Gasteiger partial charge in [0.2, 0.25) is 5.95 Å². The smallest absolute Gasteiger partial charge is 0.226 e. The van der Waals surface area contributed by atoms with Crippen molar-refractivity contribution < 1.29 is 0 Å². The Bertz CT molecular complexity index is 741. The molecule has 0 fully saturated rings. The van der Waals surface area contributed by atoms with E-state index >= 15 is 0 Å². The first-order valence-corrected chi connectivity index (χ1v) is 6.39. The first-order valence-electron chi connectivity index (χ1n) is 6.39. The second-order valence-corrected chi connectivity index (χ2v) is 4.42. The Morgan fingerprint density at radius 1 is 1.35 bits per heavy atom. The predicted octanol–water partition coefficient (Wildman–Crippen LogP) is 1.43. The topological polar surface area (TPSA) is 96.3 Å². The molecule has 3 N–H and O–H groups in total. The molecular weight excluding hydrogens is 256 g/mol. The number of fused-ring (bicyclic) bond motifs is 1. The summed E-state index contributed by atoms with van der Waals surface area (Å²) in [6.07, 6.45) is 4.49. The summed E-state index contributed by atoms with van der Waals surface area (Å²) in [7, 11) is 3.68. The zero-order valence-electron chi connectivity index (χ0n) is 11.6. The highest BCUT2D eigenvalue weighted by molar-refractivity contribution is 5.89. The van der Waals surface area contributed by atoms with E-state index in [-0.39, 0.29) is 0 Å². The van der Waals surface area contributed by atoms with E-state index in [4.69, 9.17) is 0 Å². The van der Waals surface area contributed by atoms with E-state index in [9.17, 15) is 0 Å². The molecule has 3 rings (SSSR count). The summed E-state index contributed by atoms with van der Waals surface area (Å²) in [6.45, 7) is 2.07. The van der Waals surface area contributed by atoms with Gasteiger partial charge in [-0.2, -0.15) is 20.2 Å². The van der Waals surface area contributed by atoms with E-state index in [2.05, 4.69) is 42.8 Å². The standard InChI is InChI=1S/C12H16N8/c1-4-8-9(6-20(3)19-8)15-10-7-5-14-18-11(7)17-12(13-2)16-10/h5-6H,4H2,1-3H3,(H3,13,14,15,16,17,18). The number of nitrogens with zero attached hydrogens (tertiary/aromatic N) is 5. The average Bonchev–Trinajstić information content (AvgIpc) is 3.04. The predicted molar refractivity (Wildman–Crippen MR) is 77.1 cm³/mol. The van der Waals surface area contributed by atoms with Crippen molar-refractivity contribution in [1.82, 2.24) is 29.9 Å². The van der Waals surface area contributed by atoms with E-state index in [1.807, 2.05) is 13.2 Å². The maximum Gasteiger partial charge on any atom is 0.226 e. The van der Waals surface area contributed by atoms with Gasteiger partial charge in [-0.1, -0.05) is 6.92 Å². The van der Waals surface area contributed by atoms with Gasteiger partial charge < -0.3 is 10.6 Å². The van der Waals surface area contributed by atoms with Crippen LogP contribution in [0, 0.1) is 0 Å². The number of aromatic amines is 1. The summed E-state index contributed by atoms with van der Waals surface area (Å²) in [4.78, 5) is 8.74. The van der Waals surface area contributed by atoms with E-state index in [0.29, 0.717) is 17.4 Å². The molecule has 8 nitrogen and oxygen atoms in total. The summed E-state index contributed by atoms with van der Waals surface area (Å²) in [5.41, 5.74) is 2.63. The van der Waals surface area contributed by atoms with Crippen molar-refractivity contribution in [2.45, 2.75) is 13.3 Å². The molecule has 0 unspecified atom stereocenters. The van der Waals surface area contributed by atoms with Gasteiger partial charge in [-0.3, -0.25) is 9.78 Å². The SMILES string of the molecule is CCc1nn(C)cc1Nc1nc(NC)nc2[nH]ncc12. The molecular formula is C12H16N8. The Labute approximate surface area is 115 Å². The van der Waals surface area contributed by atoms with Crippen molar-refractivity contribution in [3.8, 4) is 0 Å². The molecule has 8 heteroatoms. The van der Waals surface area contributed by atoms with Crippen LogP contribution in [-0.2, 0) is 13.5 Å². The van der Waals surface area contributed by atoms with Crippen molar-refractivity contribution in [1.29, 1.82) is 0 Å². The summed E-state index contributed by atoms with van der Waals surface area (Å²) in [6, 6.07) is 0. The lowest BCUT2D eigenvalue weighted by atomic mass is 10.3. The minimum Gasteiger partial charge on any atom is -0.357 e. The fourth-order valence-corrected chi connectivity index (χ4v) is 2.07. The van der Waals surface area contributed by atoms with E-state index in [1.165, 1.54) is 0 Å². The van der Waals surface area contributed by atoms with Gasteiger partial charge in [0.05, 0.1) is 23.0 Å². The normalized spacial score (nSPS) is 10.9. The van der Waals surface area contributed by atoms with Crippen LogP contribution in [0.15, 0.2) is 12.4 Å². The van der Waals surface area contributed by atoms with Crippen LogP contribution >= 0.6 is 0 Å². The molecule has 0 saturated carbocycles. The number of H-pyrrole nitrogens is 1. The molecule has 0 aliphatic rings. The van der Waals surface area contributed by atoms with Crippen LogP contribution in [-0.4, -0.2) is 37.0 Å². The number of hydrogen-bond acceptors (Lipinski definition) is 6. The second kappa shape index (κ2) is 4.80. The van der Waals surface area contributed by atoms with Crippen LogP contribution in [0.4, 0.5) is 17.5 Å². The number of hydrogen-bond donors (Lipinski definition) is 3. The Hall–Kier alpha value is -2.64. The van der Waals surface area contributed by atoms with Crippen LogP contribution in [0.5, 0.6) is 0 Å². The fraction of sp³-hybridized carbons (Fsp3) is 0.333. The summed E-state index contributed by atoms with van der Waals surface area (Å²) in [5, 5.41) is 18.4. The van der Waals surface area contributed by atoms with Crippen LogP contribution < -0.4 is 10.6 Å². The molecule has 0 atom stereocenters. The first kappa shape index (κ1) is 12.4. The van der Waals surface area contributed by atoms with Gasteiger partial charge in [-0.15, -0.1) is 0 Å². The molecule has 0 spiro atoms. The molecule has 0 saturated heterocycles. The molecule has 0 aliphatic heterocycles. The molecule has 0 radical (unpaired) electrons. The van der Waals surface area contributed by atoms with Crippen molar-refractivity contribution in [3.63, 3.8) is 0 Å². The van der Waals surface area contributed by atoms with E-state index < -0.39 is 0 Å². The van der Waals surface area contributed by atoms with Crippen molar-refractivity contribution >= 4 is 28.5 Å². The zero-order valence-corrected chi connectivity index (χ0v) is 11.6. The fourth-order valence-electron chi connectivity index (χ4n) is 2.07. The van der Waals surface area contributed by atoms with Crippen LogP contribution in [0.25, 0.3) is 11.0 Å². The van der Waals surface area contributed by atoms with Gasteiger partial charge >= 0.3 is 0 Å². The summed E-state index contributed by atoms with van der Waals surface area (Å²) >= 11 is 0. The third-order valence-electron chi connectivity index (χ3n) is 3.03. The first-order chi connectivity index (χ1) is 9.71. The van der Waals surface area contributed by atoms with Crippen LogP contribution in [0.3, 0.4) is 0 Å². The minimum absolute atomic E-state index is 0.534. The molecule has 3 heterocycles. The monoisotopic (exact) mass is 272 g/mol. The highest BCUT2D eigenvalue weighted by Crippen LogP contribution is 2.25. The zero-order chi connectivity index (χ0) is 14.1. The number of rotatable bonds is 4. The van der Waals surface area contributed by atoms with Gasteiger partial charge in [0.1, 0.15) is 5.82 Å². The molecule has 20 heavy (non-hydrogen) atoms. The molecule has 0 aromatic carbocycles. The highest BCUT2D eigenvalue weighted by atomic mass is 15.3. The van der Waals surface area contributed by atoms with Crippen molar-refractivity contribution in [2.24, 2.45) is 7.05 Å². The van der Waals surface area contributed by atoms with E-state index in [0.717, 1.165) is 23.2 Å². The lowest BCUT2D eigenvalue weighted by Gasteiger charge is -2.07. The summed E-state index contributed by atoms with van der Waals surface area (Å²) < 4.78 is 1.79. The number of aryl methyl sites for hydroxylation is 2. The maximum atomic E-state index is 4.44. The second-order valence-electron chi connectivity index (χ2n) is 4.42. The van der Waals surface area contributed by atoms with Crippen molar-refractivity contribution in [3.05, 3.63) is 18.1 Å². The Morgan fingerprint density at radius 2 is 2.20 bits per heavy atom. The maximum absolute atomic E-state index is 4.44. The Balaban J connectivity index is 2.07. The van der Waals surface area contributed by atoms with Gasteiger partial charge in [0.25, 0.3) is 0 Å². The number of anilines is 3. The minimum atomic E-state index is 0.534. The summed E-state index contributed by atoms with van der Waals surface area (Å²) in [5.74, 6) is 1.24. The molecule has 0 aliphatic carbocycles. The highest BCUT2D eigenvalue weighted by Gasteiger charge is 2.12. The van der Waals surface area contributed by atoms with E-state index in [1.54, 1.807) is 17.9 Å². The van der Waals surface area contributed by atoms with Gasteiger partial charge in [-0.05, 0) is 6.42 Å². The Kier molecular flexibility index (Phi) is 2.97. The van der Waals surface area contributed by atoms with Crippen molar-refractivity contribution in [2.75, 3.05) is 17.7 Å². The van der Waals surface area contributed by atoms with Crippen LogP contribution in [0.1, 0.15) is 12.6 Å². The number of aromatic nitrogens is 6. The molecule has 104 valence electrons. The molecule has 3 aromatic heterocycles. The third kappa shape index (κ3) is 2.04. The number of nitrogens with one attached hydrogen (secondary N) is 3. The molecule has 0 amide bonds. The van der Waals surface area contributed by atoms with Crippen LogP contribution in [0.2, 0.25) is 0 Å². The van der Waals surface area contributed by atoms with Gasteiger partial charge in [-0.25, -0.2) is 0 Å². The molecule has 3 aromatic rings. The third-order valence-corrected chi connectivity index (χ3v) is 3.03. The lowest BCUT2D eigenvalue weighted by molar-refractivity contribution is 0.746. The lowest BCUT2D eigenvalue weighted by Crippen LogP contribution is -2.02. The van der Waals surface area contributed by atoms with Gasteiger partial charge in [0.15, 0.2) is 5.65 Å². The Morgan fingerprint density at radius 3 is 2.95 bits per heavy atom. The van der Waals surface area contributed by atoms with Gasteiger partial charge in [0, 0.05) is 20.3 Å². The average molecular weight is 272 g/mol. The largest absolute Gasteiger partial charge is 0.357 e.